The van der Waals surface area contributed by atoms with Crippen LogP contribution in [0.2, 0.25) is 0 Å². The summed E-state index contributed by atoms with van der Waals surface area (Å²) in [5.74, 6) is -2.39. The largest absolute Gasteiger partial charge is 0.454 e. The van der Waals surface area contributed by atoms with Gasteiger partial charge in [-0.3, -0.25) is 25.2 Å². The molecule has 3 rings (SSSR count). The summed E-state index contributed by atoms with van der Waals surface area (Å²) in [5.41, 5.74) is 5.64. The van der Waals surface area contributed by atoms with Crippen LogP contribution in [0.25, 0.3) is 0 Å². The summed E-state index contributed by atoms with van der Waals surface area (Å²) in [6.07, 6.45) is 0.189. The van der Waals surface area contributed by atoms with Crippen molar-refractivity contribution in [3.8, 4) is 0 Å². The van der Waals surface area contributed by atoms with Crippen LogP contribution in [0.15, 0.2) is 78.2 Å². The fraction of sp³-hybridized carbons (Fsp3) is 0.130. The van der Waals surface area contributed by atoms with Gasteiger partial charge in [-0.2, -0.15) is 0 Å². The number of carbonyl (C=O) groups excluding carboxylic acids is 4. The van der Waals surface area contributed by atoms with Gasteiger partial charge < -0.3 is 10.1 Å². The molecule has 0 saturated carbocycles. The van der Waals surface area contributed by atoms with Gasteiger partial charge in [0.15, 0.2) is 6.61 Å². The Morgan fingerprint density at radius 1 is 0.812 bits per heavy atom. The quantitative estimate of drug-likeness (QED) is 0.359. The predicted octanol–water partition coefficient (Wildman–Crippen LogP) is 2.09. The highest BCUT2D eigenvalue weighted by Gasteiger charge is 2.24. The van der Waals surface area contributed by atoms with Crippen molar-refractivity contribution in [2.75, 3.05) is 6.61 Å². The summed E-state index contributed by atoms with van der Waals surface area (Å²) < 4.78 is 5.08. The zero-order chi connectivity index (χ0) is 22.8. The van der Waals surface area contributed by atoms with E-state index in [1.165, 1.54) is 11.3 Å². The minimum absolute atomic E-state index is 0.189. The molecule has 8 nitrogen and oxygen atoms in total. The molecular formula is C23H21N3O5S. The lowest BCUT2D eigenvalue weighted by Crippen LogP contribution is -2.46. The van der Waals surface area contributed by atoms with Gasteiger partial charge in [-0.25, -0.2) is 4.79 Å². The molecule has 0 bridgehead atoms. The number of thiophene rings is 1. The third kappa shape index (κ3) is 6.78. The fourth-order valence-corrected chi connectivity index (χ4v) is 3.36. The van der Waals surface area contributed by atoms with E-state index in [4.69, 9.17) is 4.74 Å². The van der Waals surface area contributed by atoms with Crippen LogP contribution in [0, 0.1) is 0 Å². The van der Waals surface area contributed by atoms with Crippen LogP contribution < -0.4 is 16.2 Å². The highest BCUT2D eigenvalue weighted by Crippen LogP contribution is 2.08. The first kappa shape index (κ1) is 22.7. The predicted molar refractivity (Wildman–Crippen MR) is 119 cm³/mol. The number of hydrogen-bond acceptors (Lipinski definition) is 6. The van der Waals surface area contributed by atoms with E-state index in [1.54, 1.807) is 47.8 Å². The molecule has 1 atom stereocenters. The molecule has 1 aromatic heterocycles. The Morgan fingerprint density at radius 2 is 1.50 bits per heavy atom. The van der Waals surface area contributed by atoms with Gasteiger partial charge in [0.05, 0.1) is 4.88 Å². The second-order valence-corrected chi connectivity index (χ2v) is 7.62. The zero-order valence-electron chi connectivity index (χ0n) is 16.9. The van der Waals surface area contributed by atoms with Gasteiger partial charge in [0, 0.05) is 12.0 Å². The number of ether oxygens (including phenoxy) is 1. The Kier molecular flexibility index (Phi) is 8.10. The molecule has 2 aromatic carbocycles. The van der Waals surface area contributed by atoms with Crippen LogP contribution in [0.1, 0.15) is 25.6 Å². The van der Waals surface area contributed by atoms with Crippen molar-refractivity contribution >= 4 is 35.0 Å². The Morgan fingerprint density at radius 3 is 2.16 bits per heavy atom. The molecule has 0 spiro atoms. The summed E-state index contributed by atoms with van der Waals surface area (Å²) in [6, 6.07) is 19.9. The molecular weight excluding hydrogens is 430 g/mol. The molecule has 0 radical (unpaired) electrons. The third-order valence-corrected chi connectivity index (χ3v) is 5.18. The average molecular weight is 452 g/mol. The number of hydrazine groups is 1. The summed E-state index contributed by atoms with van der Waals surface area (Å²) in [6.45, 7) is -0.615. The first-order valence-electron chi connectivity index (χ1n) is 9.72. The zero-order valence-corrected chi connectivity index (χ0v) is 17.8. The minimum Gasteiger partial charge on any atom is -0.454 e. The topological polar surface area (TPSA) is 114 Å². The van der Waals surface area contributed by atoms with E-state index in [-0.39, 0.29) is 6.42 Å². The molecule has 9 heteroatoms. The Bertz CT molecular complexity index is 1060. The van der Waals surface area contributed by atoms with Crippen LogP contribution in [0.5, 0.6) is 0 Å². The van der Waals surface area contributed by atoms with E-state index >= 15 is 0 Å². The van der Waals surface area contributed by atoms with Gasteiger partial charge in [-0.05, 0) is 29.1 Å². The van der Waals surface area contributed by atoms with Crippen molar-refractivity contribution in [1.82, 2.24) is 16.2 Å². The van der Waals surface area contributed by atoms with Gasteiger partial charge in [-0.1, -0.05) is 54.6 Å². The van der Waals surface area contributed by atoms with Crippen LogP contribution in [0.3, 0.4) is 0 Å². The number of carbonyl (C=O) groups is 4. The van der Waals surface area contributed by atoms with Gasteiger partial charge in [-0.15, -0.1) is 11.3 Å². The van der Waals surface area contributed by atoms with Crippen molar-refractivity contribution in [2.45, 2.75) is 12.5 Å². The Labute approximate surface area is 188 Å². The first-order valence-corrected chi connectivity index (χ1v) is 10.6. The molecule has 0 aliphatic heterocycles. The van der Waals surface area contributed by atoms with Gasteiger partial charge in [0.1, 0.15) is 6.04 Å². The Balaban J connectivity index is 1.56. The minimum atomic E-state index is -1.00. The number of hydrogen-bond donors (Lipinski definition) is 3. The SMILES string of the molecule is O=C(COC(=O)[C@@H](Cc1ccccc1)NC(=O)c1ccccc1)NNC(=O)c1cccs1. The van der Waals surface area contributed by atoms with E-state index in [0.29, 0.717) is 10.4 Å². The van der Waals surface area contributed by atoms with E-state index in [2.05, 4.69) is 16.2 Å². The smallest absolute Gasteiger partial charge is 0.329 e. The van der Waals surface area contributed by atoms with Crippen LogP contribution in [-0.2, 0) is 20.7 Å². The monoisotopic (exact) mass is 451 g/mol. The number of benzene rings is 2. The van der Waals surface area contributed by atoms with E-state index < -0.39 is 36.3 Å². The maximum Gasteiger partial charge on any atom is 0.329 e. The Hall–Kier alpha value is -3.98. The van der Waals surface area contributed by atoms with Crippen molar-refractivity contribution in [3.63, 3.8) is 0 Å². The lowest BCUT2D eigenvalue weighted by Gasteiger charge is -2.18. The summed E-state index contributed by atoms with van der Waals surface area (Å²) in [5, 5.41) is 4.39. The maximum atomic E-state index is 12.6. The number of rotatable bonds is 8. The third-order valence-electron chi connectivity index (χ3n) is 4.31. The standard InChI is InChI=1S/C23H21N3O5S/c27-20(25-26-22(29)19-12-7-13-32-19)15-31-23(30)18(14-16-8-3-1-4-9-16)24-21(28)17-10-5-2-6-11-17/h1-13,18H,14-15H2,(H,24,28)(H,25,27)(H,26,29)/t18-/m1/s1. The van der Waals surface area contributed by atoms with Crippen molar-refractivity contribution in [3.05, 3.63) is 94.2 Å². The molecule has 164 valence electrons. The van der Waals surface area contributed by atoms with Crippen LogP contribution in [0.4, 0.5) is 0 Å². The molecule has 0 aliphatic rings. The van der Waals surface area contributed by atoms with Gasteiger partial charge >= 0.3 is 5.97 Å². The summed E-state index contributed by atoms with van der Waals surface area (Å²) >= 11 is 1.22. The van der Waals surface area contributed by atoms with Gasteiger partial charge in [0.2, 0.25) is 0 Å². The van der Waals surface area contributed by atoms with Crippen molar-refractivity contribution in [2.24, 2.45) is 0 Å². The lowest BCUT2D eigenvalue weighted by molar-refractivity contribution is -0.150. The van der Waals surface area contributed by atoms with Gasteiger partial charge in [0.25, 0.3) is 17.7 Å². The van der Waals surface area contributed by atoms with Crippen LogP contribution in [-0.4, -0.2) is 36.3 Å². The number of nitrogens with one attached hydrogen (secondary N) is 3. The highest BCUT2D eigenvalue weighted by molar-refractivity contribution is 7.12. The molecule has 3 aromatic rings. The summed E-state index contributed by atoms with van der Waals surface area (Å²) in [7, 11) is 0. The fourth-order valence-electron chi connectivity index (χ4n) is 2.74. The molecule has 0 aliphatic carbocycles. The molecule has 0 fully saturated rings. The lowest BCUT2D eigenvalue weighted by atomic mass is 10.1. The maximum absolute atomic E-state index is 12.6. The second-order valence-electron chi connectivity index (χ2n) is 6.67. The van der Waals surface area contributed by atoms with E-state index in [9.17, 15) is 19.2 Å². The van der Waals surface area contributed by atoms with Crippen LogP contribution >= 0.6 is 11.3 Å². The molecule has 0 unspecified atom stereocenters. The second kappa shape index (κ2) is 11.4. The molecule has 3 N–H and O–H groups in total. The van der Waals surface area contributed by atoms with E-state index in [0.717, 1.165) is 5.56 Å². The molecule has 3 amide bonds. The highest BCUT2D eigenvalue weighted by atomic mass is 32.1. The normalized spacial score (nSPS) is 11.1. The van der Waals surface area contributed by atoms with Crippen molar-refractivity contribution in [1.29, 1.82) is 0 Å². The molecule has 32 heavy (non-hydrogen) atoms. The van der Waals surface area contributed by atoms with Crippen molar-refractivity contribution < 1.29 is 23.9 Å². The molecule has 1 heterocycles. The number of esters is 1. The van der Waals surface area contributed by atoms with E-state index in [1.807, 2.05) is 30.3 Å². The average Bonchev–Trinajstić information content (AvgIpc) is 3.37. The molecule has 0 saturated heterocycles. The first-order chi connectivity index (χ1) is 15.5. The number of amides is 3. The summed E-state index contributed by atoms with van der Waals surface area (Å²) in [4.78, 5) is 49.4.